The molecule has 0 spiro atoms. The highest BCUT2D eigenvalue weighted by Gasteiger charge is 2.31. The lowest BCUT2D eigenvalue weighted by atomic mass is 9.84. The molecule has 2 amide bonds. The zero-order valence-electron chi connectivity index (χ0n) is 20.5. The van der Waals surface area contributed by atoms with Gasteiger partial charge in [0.25, 0.3) is 5.91 Å². The molecule has 1 saturated heterocycles. The summed E-state index contributed by atoms with van der Waals surface area (Å²) in [4.78, 5) is 45.5. The van der Waals surface area contributed by atoms with Gasteiger partial charge in [-0.2, -0.15) is 0 Å². The lowest BCUT2D eigenvalue weighted by Gasteiger charge is -2.39. The summed E-state index contributed by atoms with van der Waals surface area (Å²) in [5.41, 5.74) is 3.16. The molecule has 2 aromatic rings. The largest absolute Gasteiger partial charge is 0.469 e. The fourth-order valence-corrected chi connectivity index (χ4v) is 5.30. The van der Waals surface area contributed by atoms with Crippen molar-refractivity contribution < 1.29 is 23.9 Å². The number of aryl methyl sites for hydroxylation is 1. The number of fused-ring (bicyclic) bond motifs is 2. The third-order valence-electron chi connectivity index (χ3n) is 6.89. The second-order valence-corrected chi connectivity index (χ2v) is 9.76. The van der Waals surface area contributed by atoms with Gasteiger partial charge < -0.3 is 19.3 Å². The highest BCUT2D eigenvalue weighted by atomic mass is 35.5. The first-order valence-electron chi connectivity index (χ1n) is 12.2. The minimum atomic E-state index is -0.324. The van der Waals surface area contributed by atoms with Gasteiger partial charge in [0.2, 0.25) is 0 Å². The first-order chi connectivity index (χ1) is 16.8. The van der Waals surface area contributed by atoms with Crippen LogP contribution in [0, 0.1) is 5.92 Å². The van der Waals surface area contributed by atoms with Gasteiger partial charge in [-0.05, 0) is 56.2 Å². The number of hydrogen-bond donors (Lipinski definition) is 0. The molecule has 2 heterocycles. The third kappa shape index (κ3) is 5.37. The summed E-state index contributed by atoms with van der Waals surface area (Å²) in [7, 11) is 1.40. The Morgan fingerprint density at radius 2 is 2.03 bits per heavy atom. The van der Waals surface area contributed by atoms with E-state index >= 15 is 0 Å². The maximum Gasteiger partial charge on any atom is 0.410 e. The number of hydrogen-bond acceptors (Lipinski definition) is 6. The lowest BCUT2D eigenvalue weighted by molar-refractivity contribution is -0.141. The normalized spacial score (nSPS) is 19.9. The highest BCUT2D eigenvalue weighted by molar-refractivity contribution is 6.36. The van der Waals surface area contributed by atoms with Gasteiger partial charge in [-0.25, -0.2) is 4.79 Å². The average Bonchev–Trinajstić information content (AvgIpc) is 2.86. The summed E-state index contributed by atoms with van der Waals surface area (Å²) in [5.74, 6) is -0.110. The van der Waals surface area contributed by atoms with Crippen molar-refractivity contribution in [2.45, 2.75) is 52.0 Å². The number of carbonyl (C=O) groups is 3. The van der Waals surface area contributed by atoms with Crippen molar-refractivity contribution in [3.63, 3.8) is 0 Å². The number of piperazine rings is 1. The topological polar surface area (TPSA) is 89.0 Å². The SMILES string of the molecule is CCCOC(=O)N1CCN(C(=O)c2ccc3c(Cl)c4c(nc3c2)CCC(CC(=O)OC)C4)C[C@@H]1C. The van der Waals surface area contributed by atoms with E-state index in [0.29, 0.717) is 55.2 Å². The van der Waals surface area contributed by atoms with E-state index in [0.717, 1.165) is 35.9 Å². The van der Waals surface area contributed by atoms with E-state index in [9.17, 15) is 14.4 Å². The second-order valence-electron chi connectivity index (χ2n) is 9.38. The molecule has 35 heavy (non-hydrogen) atoms. The second kappa shape index (κ2) is 10.8. The summed E-state index contributed by atoms with van der Waals surface area (Å²) in [6.07, 6.45) is 3.09. The minimum Gasteiger partial charge on any atom is -0.469 e. The summed E-state index contributed by atoms with van der Waals surface area (Å²) in [6.45, 7) is 5.60. The Labute approximate surface area is 210 Å². The van der Waals surface area contributed by atoms with Crippen LogP contribution in [-0.4, -0.2) is 72.1 Å². The predicted molar refractivity (Wildman–Crippen MR) is 133 cm³/mol. The third-order valence-corrected chi connectivity index (χ3v) is 7.33. The van der Waals surface area contributed by atoms with Crippen LogP contribution in [0.15, 0.2) is 18.2 Å². The summed E-state index contributed by atoms with van der Waals surface area (Å²) in [5, 5.41) is 1.45. The monoisotopic (exact) mass is 501 g/mol. The van der Waals surface area contributed by atoms with Crippen molar-refractivity contribution in [1.29, 1.82) is 0 Å². The molecule has 188 valence electrons. The Balaban J connectivity index is 1.49. The van der Waals surface area contributed by atoms with Crippen LogP contribution in [0.2, 0.25) is 5.02 Å². The van der Waals surface area contributed by atoms with Crippen molar-refractivity contribution >= 4 is 40.5 Å². The molecule has 0 N–H and O–H groups in total. The quantitative estimate of drug-likeness (QED) is 0.569. The van der Waals surface area contributed by atoms with E-state index in [4.69, 9.17) is 26.1 Å². The number of amides is 2. The maximum absolute atomic E-state index is 13.3. The van der Waals surface area contributed by atoms with Gasteiger partial charge in [0.15, 0.2) is 0 Å². The molecule has 1 fully saturated rings. The van der Waals surface area contributed by atoms with Crippen LogP contribution in [-0.2, 0) is 27.1 Å². The van der Waals surface area contributed by atoms with Crippen LogP contribution < -0.4 is 0 Å². The van der Waals surface area contributed by atoms with Gasteiger partial charge in [0, 0.05) is 48.7 Å². The van der Waals surface area contributed by atoms with Crippen LogP contribution in [0.1, 0.15) is 54.7 Å². The van der Waals surface area contributed by atoms with Gasteiger partial charge in [-0.15, -0.1) is 0 Å². The number of aromatic nitrogens is 1. The Bertz CT molecular complexity index is 1140. The van der Waals surface area contributed by atoms with E-state index in [1.165, 1.54) is 7.11 Å². The Morgan fingerprint density at radius 1 is 1.23 bits per heavy atom. The Kier molecular flexibility index (Phi) is 7.79. The summed E-state index contributed by atoms with van der Waals surface area (Å²) >= 11 is 6.78. The predicted octanol–water partition coefficient (Wildman–Crippen LogP) is 4.25. The van der Waals surface area contributed by atoms with E-state index in [-0.39, 0.29) is 29.9 Å². The zero-order chi connectivity index (χ0) is 25.1. The van der Waals surface area contributed by atoms with Crippen molar-refractivity contribution in [2.75, 3.05) is 33.4 Å². The van der Waals surface area contributed by atoms with E-state index in [1.807, 2.05) is 19.9 Å². The number of esters is 1. The maximum atomic E-state index is 13.3. The fraction of sp³-hybridized carbons (Fsp3) is 0.538. The molecule has 0 saturated carbocycles. The average molecular weight is 502 g/mol. The van der Waals surface area contributed by atoms with Crippen LogP contribution in [0.5, 0.6) is 0 Å². The Morgan fingerprint density at radius 3 is 2.74 bits per heavy atom. The van der Waals surface area contributed by atoms with E-state index in [2.05, 4.69) is 0 Å². The van der Waals surface area contributed by atoms with Crippen molar-refractivity contribution in [3.05, 3.63) is 40.0 Å². The number of ether oxygens (including phenoxy) is 2. The number of nitrogens with zero attached hydrogens (tertiary/aromatic N) is 3. The molecule has 0 bridgehead atoms. The molecule has 4 rings (SSSR count). The highest BCUT2D eigenvalue weighted by Crippen LogP contribution is 2.36. The molecule has 9 heteroatoms. The number of methoxy groups -OCH3 is 1. The molecule has 0 radical (unpaired) electrons. The number of pyridine rings is 1. The van der Waals surface area contributed by atoms with Crippen molar-refractivity contribution in [2.24, 2.45) is 5.92 Å². The molecule has 1 unspecified atom stereocenters. The smallest absolute Gasteiger partial charge is 0.410 e. The van der Waals surface area contributed by atoms with E-state index in [1.54, 1.807) is 21.9 Å². The standard InChI is InChI=1S/C26H32ClN3O5/c1-4-11-35-26(33)30-10-9-29(15-16(30)2)25(32)18-6-7-19-22(14-18)28-21-8-5-17(13-23(31)34-3)12-20(21)24(19)27/h6-7,14,16-17H,4-5,8-13,15H2,1-3H3/t16-,17?/m0/s1. The Hall–Kier alpha value is -2.87. The molecule has 1 aromatic heterocycles. The van der Waals surface area contributed by atoms with Crippen LogP contribution in [0.4, 0.5) is 4.79 Å². The van der Waals surface area contributed by atoms with Gasteiger partial charge in [-0.1, -0.05) is 24.6 Å². The molecular weight excluding hydrogens is 470 g/mol. The van der Waals surface area contributed by atoms with Crippen LogP contribution >= 0.6 is 11.6 Å². The van der Waals surface area contributed by atoms with Gasteiger partial charge in [0.1, 0.15) is 0 Å². The number of carbonyl (C=O) groups excluding carboxylic acids is 3. The molecule has 2 atom stereocenters. The number of halogens is 1. The molecule has 1 aliphatic heterocycles. The minimum absolute atomic E-state index is 0.0888. The van der Waals surface area contributed by atoms with Gasteiger partial charge in [-0.3, -0.25) is 14.6 Å². The lowest BCUT2D eigenvalue weighted by Crippen LogP contribution is -2.55. The van der Waals surface area contributed by atoms with Gasteiger partial charge in [0.05, 0.1) is 24.3 Å². The van der Waals surface area contributed by atoms with Crippen LogP contribution in [0.3, 0.4) is 0 Å². The molecule has 2 aliphatic rings. The van der Waals surface area contributed by atoms with Gasteiger partial charge >= 0.3 is 12.1 Å². The van der Waals surface area contributed by atoms with Crippen LogP contribution in [0.25, 0.3) is 10.9 Å². The van der Waals surface area contributed by atoms with E-state index < -0.39 is 0 Å². The van der Waals surface area contributed by atoms with Crippen molar-refractivity contribution in [3.8, 4) is 0 Å². The first-order valence-corrected chi connectivity index (χ1v) is 12.6. The summed E-state index contributed by atoms with van der Waals surface area (Å²) < 4.78 is 10.1. The summed E-state index contributed by atoms with van der Waals surface area (Å²) in [6, 6.07) is 5.31. The number of rotatable bonds is 5. The zero-order valence-corrected chi connectivity index (χ0v) is 21.3. The molecular formula is C26H32ClN3O5. The molecule has 8 nitrogen and oxygen atoms in total. The number of benzene rings is 1. The molecule has 1 aliphatic carbocycles. The fourth-order valence-electron chi connectivity index (χ4n) is 4.95. The molecule has 1 aromatic carbocycles. The first kappa shape index (κ1) is 25.2. The van der Waals surface area contributed by atoms with Crippen molar-refractivity contribution in [1.82, 2.24) is 14.8 Å².